The summed E-state index contributed by atoms with van der Waals surface area (Å²) in [5, 5.41) is 4.36. The zero-order valence-corrected chi connectivity index (χ0v) is 17.2. The number of halogens is 1. The lowest BCUT2D eigenvalue weighted by atomic mass is 10.0. The Morgan fingerprint density at radius 1 is 1.06 bits per heavy atom. The van der Waals surface area contributed by atoms with Gasteiger partial charge in [-0.3, -0.25) is 4.79 Å². The van der Waals surface area contributed by atoms with E-state index in [1.807, 2.05) is 36.4 Å². The summed E-state index contributed by atoms with van der Waals surface area (Å²) in [7, 11) is 0. The molecule has 0 fully saturated rings. The van der Waals surface area contributed by atoms with E-state index in [9.17, 15) is 9.18 Å². The third kappa shape index (κ3) is 3.97. The number of nitrogens with two attached hydrogens (primary N) is 1. The number of nitrogen functional groups attached to an aromatic ring is 1. The molecule has 7 nitrogen and oxygen atoms in total. The lowest BCUT2D eigenvalue weighted by molar-refractivity contribution is 0.0930. The first kappa shape index (κ1) is 20.2. The minimum atomic E-state index is -0.643. The number of rotatable bonds is 5. The van der Waals surface area contributed by atoms with Gasteiger partial charge in [0.2, 0.25) is 11.5 Å². The summed E-state index contributed by atoms with van der Waals surface area (Å²) < 4.78 is 24.4. The number of amides is 1. The first-order valence-electron chi connectivity index (χ1n) is 10.0. The number of nitrogens with one attached hydrogen (secondary N) is 1. The van der Waals surface area contributed by atoms with E-state index in [4.69, 9.17) is 14.6 Å². The van der Waals surface area contributed by atoms with E-state index in [0.717, 1.165) is 5.56 Å². The summed E-state index contributed by atoms with van der Waals surface area (Å²) in [5.74, 6) is -0.559. The summed E-state index contributed by atoms with van der Waals surface area (Å²) >= 11 is 0. The molecule has 3 N–H and O–H groups in total. The van der Waals surface area contributed by atoms with Crippen LogP contribution in [0.3, 0.4) is 0 Å². The molecule has 0 aliphatic heterocycles. The summed E-state index contributed by atoms with van der Waals surface area (Å²) in [5.41, 5.74) is 11.8. The van der Waals surface area contributed by atoms with Gasteiger partial charge in [-0.2, -0.15) is 5.10 Å². The minimum absolute atomic E-state index is 0.119. The summed E-state index contributed by atoms with van der Waals surface area (Å²) in [6.07, 6.45) is 2.94. The van der Waals surface area contributed by atoms with Crippen molar-refractivity contribution in [1.82, 2.24) is 10.4 Å². The highest BCUT2D eigenvalue weighted by Gasteiger charge is 2.24. The van der Waals surface area contributed by atoms with Crippen molar-refractivity contribution in [3.8, 4) is 22.6 Å². The molecule has 0 aliphatic rings. The molecule has 0 atom stereocenters. The van der Waals surface area contributed by atoms with Crippen LogP contribution in [0.5, 0.6) is 0 Å². The predicted octanol–water partition coefficient (Wildman–Crippen LogP) is 5.24. The second-order valence-corrected chi connectivity index (χ2v) is 7.17. The van der Waals surface area contributed by atoms with E-state index in [1.165, 1.54) is 30.5 Å². The normalized spacial score (nSPS) is 11.3. The number of pyridine rings is 1. The van der Waals surface area contributed by atoms with Crippen molar-refractivity contribution in [2.75, 3.05) is 5.73 Å². The smallest absolute Gasteiger partial charge is 0.309 e. The molecular formula is C25H17FN4O3. The van der Waals surface area contributed by atoms with E-state index < -0.39 is 5.91 Å². The average Bonchev–Trinajstić information content (AvgIpc) is 3.49. The molecule has 3 aromatic heterocycles. The van der Waals surface area contributed by atoms with Gasteiger partial charge in [-0.25, -0.2) is 14.8 Å². The number of benzene rings is 2. The Morgan fingerprint density at radius 3 is 2.58 bits per heavy atom. The molecule has 0 unspecified atom stereocenters. The third-order valence-corrected chi connectivity index (χ3v) is 5.01. The Bertz CT molecular complexity index is 1460. The molecule has 0 spiro atoms. The summed E-state index contributed by atoms with van der Waals surface area (Å²) in [6, 6.07) is 20.6. The second kappa shape index (κ2) is 8.43. The zero-order valence-electron chi connectivity index (χ0n) is 17.2. The number of fused-ring (bicyclic) bond motifs is 1. The van der Waals surface area contributed by atoms with Crippen molar-refractivity contribution >= 4 is 28.9 Å². The van der Waals surface area contributed by atoms with E-state index in [2.05, 4.69) is 15.5 Å². The third-order valence-electron chi connectivity index (χ3n) is 5.01. The molecular weight excluding hydrogens is 423 g/mol. The quantitative estimate of drug-likeness (QED) is 0.287. The van der Waals surface area contributed by atoms with Crippen LogP contribution in [-0.2, 0) is 0 Å². The number of furan rings is 2. The van der Waals surface area contributed by atoms with Gasteiger partial charge in [-0.1, -0.05) is 42.5 Å². The fourth-order valence-electron chi connectivity index (χ4n) is 3.44. The van der Waals surface area contributed by atoms with Crippen molar-refractivity contribution in [2.24, 2.45) is 5.10 Å². The van der Waals surface area contributed by atoms with Gasteiger partial charge in [-0.15, -0.1) is 0 Å². The SMILES string of the molecule is Nc1c(C(=O)N/N=C/c2ccc(F)cc2)oc2nc(-c3ccccc3)cc(-c3ccco3)c12. The molecule has 1 amide bonds. The Kier molecular flexibility index (Phi) is 5.16. The van der Waals surface area contributed by atoms with Gasteiger partial charge < -0.3 is 14.6 Å². The molecule has 3 heterocycles. The van der Waals surface area contributed by atoms with Crippen LogP contribution in [0.2, 0.25) is 0 Å². The maximum absolute atomic E-state index is 13.0. The van der Waals surface area contributed by atoms with Crippen LogP contribution < -0.4 is 11.2 Å². The number of carbonyl (C=O) groups is 1. The van der Waals surface area contributed by atoms with Crippen LogP contribution in [-0.4, -0.2) is 17.1 Å². The lowest BCUT2D eigenvalue weighted by Crippen LogP contribution is -2.18. The van der Waals surface area contributed by atoms with E-state index in [0.29, 0.717) is 28.0 Å². The van der Waals surface area contributed by atoms with Crippen molar-refractivity contribution in [1.29, 1.82) is 0 Å². The molecule has 5 rings (SSSR count). The fourth-order valence-corrected chi connectivity index (χ4v) is 3.44. The summed E-state index contributed by atoms with van der Waals surface area (Å²) in [6.45, 7) is 0. The van der Waals surface area contributed by atoms with Gasteiger partial charge in [0.25, 0.3) is 0 Å². The van der Waals surface area contributed by atoms with Crippen molar-refractivity contribution in [3.05, 3.63) is 96.2 Å². The van der Waals surface area contributed by atoms with Crippen molar-refractivity contribution in [2.45, 2.75) is 0 Å². The standard InChI is InChI=1S/C25H17FN4O3/c26-17-10-8-15(9-11-17)14-28-30-24(31)23-22(27)21-18(20-7-4-12-32-20)13-19(29-25(21)33-23)16-5-2-1-3-6-16/h1-14H,27H2,(H,30,31)/b28-14+. The predicted molar refractivity (Wildman–Crippen MR) is 123 cm³/mol. The number of nitrogens with zero attached hydrogens (tertiary/aromatic N) is 2. The molecule has 0 aliphatic carbocycles. The molecule has 5 aromatic rings. The van der Waals surface area contributed by atoms with Gasteiger partial charge in [0.15, 0.2) is 0 Å². The highest BCUT2D eigenvalue weighted by molar-refractivity contribution is 6.10. The first-order chi connectivity index (χ1) is 16.1. The number of aromatic nitrogens is 1. The summed E-state index contributed by atoms with van der Waals surface area (Å²) in [4.78, 5) is 17.3. The zero-order chi connectivity index (χ0) is 22.8. The Morgan fingerprint density at radius 2 is 1.85 bits per heavy atom. The van der Waals surface area contributed by atoms with E-state index in [-0.39, 0.29) is 23.0 Å². The highest BCUT2D eigenvalue weighted by Crippen LogP contribution is 2.38. The van der Waals surface area contributed by atoms with Crippen LogP contribution in [0.15, 0.2) is 93.0 Å². The van der Waals surface area contributed by atoms with Crippen LogP contribution in [0, 0.1) is 5.82 Å². The Balaban J connectivity index is 1.54. The van der Waals surface area contributed by atoms with Gasteiger partial charge in [0, 0.05) is 11.1 Å². The highest BCUT2D eigenvalue weighted by atomic mass is 19.1. The van der Waals surface area contributed by atoms with Gasteiger partial charge in [-0.05, 0) is 35.9 Å². The lowest BCUT2D eigenvalue weighted by Gasteiger charge is -2.05. The number of hydrazone groups is 1. The monoisotopic (exact) mass is 440 g/mol. The number of carbonyl (C=O) groups excluding carboxylic acids is 1. The van der Waals surface area contributed by atoms with Crippen molar-refractivity contribution < 1.29 is 18.0 Å². The molecule has 0 bridgehead atoms. The molecule has 0 saturated carbocycles. The van der Waals surface area contributed by atoms with Gasteiger partial charge in [0.05, 0.1) is 29.2 Å². The molecule has 0 saturated heterocycles. The fraction of sp³-hybridized carbons (Fsp3) is 0. The average molecular weight is 440 g/mol. The Labute approximate surface area is 187 Å². The van der Waals surface area contributed by atoms with E-state index in [1.54, 1.807) is 18.4 Å². The molecule has 8 heteroatoms. The van der Waals surface area contributed by atoms with Gasteiger partial charge >= 0.3 is 5.91 Å². The van der Waals surface area contributed by atoms with Crippen LogP contribution in [0.25, 0.3) is 33.7 Å². The number of anilines is 1. The largest absolute Gasteiger partial charge is 0.464 e. The van der Waals surface area contributed by atoms with Crippen LogP contribution >= 0.6 is 0 Å². The molecule has 0 radical (unpaired) electrons. The molecule has 2 aromatic carbocycles. The minimum Gasteiger partial charge on any atom is -0.464 e. The van der Waals surface area contributed by atoms with Crippen molar-refractivity contribution in [3.63, 3.8) is 0 Å². The Hall–Kier alpha value is -4.72. The second-order valence-electron chi connectivity index (χ2n) is 7.17. The maximum atomic E-state index is 13.0. The number of hydrogen-bond donors (Lipinski definition) is 2. The van der Waals surface area contributed by atoms with E-state index >= 15 is 0 Å². The molecule has 33 heavy (non-hydrogen) atoms. The first-order valence-corrected chi connectivity index (χ1v) is 10.0. The number of hydrogen-bond acceptors (Lipinski definition) is 6. The van der Waals surface area contributed by atoms with Crippen LogP contribution in [0.4, 0.5) is 10.1 Å². The molecule has 162 valence electrons. The van der Waals surface area contributed by atoms with Gasteiger partial charge in [0.1, 0.15) is 11.6 Å². The maximum Gasteiger partial charge on any atom is 0.309 e. The van der Waals surface area contributed by atoms with Crippen LogP contribution in [0.1, 0.15) is 16.1 Å². The topological polar surface area (TPSA) is 107 Å².